The summed E-state index contributed by atoms with van der Waals surface area (Å²) in [5.41, 5.74) is 1.06. The van der Waals surface area contributed by atoms with Crippen molar-refractivity contribution >= 4 is 27.4 Å². The summed E-state index contributed by atoms with van der Waals surface area (Å²) >= 11 is 1.41. The first kappa shape index (κ1) is 11.0. The molecule has 4 heteroatoms. The Morgan fingerprint density at radius 3 is 2.62 bits per heavy atom. The summed E-state index contributed by atoms with van der Waals surface area (Å²) in [4.78, 5) is 12.0. The number of benzene rings is 1. The Balaban J connectivity index is 2.58. The average Bonchev–Trinajstić information content (AvgIpc) is 2.69. The van der Waals surface area contributed by atoms with Crippen molar-refractivity contribution in [2.75, 3.05) is 14.2 Å². The lowest BCUT2D eigenvalue weighted by atomic mass is 10.1. The van der Waals surface area contributed by atoms with Crippen LogP contribution in [-0.4, -0.2) is 20.2 Å². The van der Waals surface area contributed by atoms with Gasteiger partial charge in [0, 0.05) is 4.70 Å². The highest BCUT2D eigenvalue weighted by molar-refractivity contribution is 7.20. The molecule has 0 atom stereocenters. The number of thiophene rings is 1. The second kappa shape index (κ2) is 4.14. The third kappa shape index (κ3) is 1.76. The number of hydrogen-bond acceptors (Lipinski definition) is 4. The molecule has 84 valence electrons. The second-order valence-corrected chi connectivity index (χ2v) is 4.55. The highest BCUT2D eigenvalue weighted by Gasteiger charge is 2.11. The minimum Gasteiger partial charge on any atom is -0.496 e. The maximum absolute atomic E-state index is 11.4. The van der Waals surface area contributed by atoms with Gasteiger partial charge in [0.2, 0.25) is 0 Å². The fourth-order valence-electron chi connectivity index (χ4n) is 1.60. The Labute approximate surface area is 97.6 Å². The first-order valence-electron chi connectivity index (χ1n) is 4.82. The Kier molecular flexibility index (Phi) is 2.83. The molecule has 0 unspecified atom stereocenters. The summed E-state index contributed by atoms with van der Waals surface area (Å²) in [5, 5.41) is 1.05. The van der Waals surface area contributed by atoms with Crippen molar-refractivity contribution in [1.29, 1.82) is 0 Å². The number of rotatable bonds is 2. The van der Waals surface area contributed by atoms with Crippen molar-refractivity contribution in [2.45, 2.75) is 6.92 Å². The van der Waals surface area contributed by atoms with Gasteiger partial charge in [0.1, 0.15) is 10.6 Å². The van der Waals surface area contributed by atoms with E-state index in [0.717, 1.165) is 21.4 Å². The largest absolute Gasteiger partial charge is 0.496 e. The quantitative estimate of drug-likeness (QED) is 0.752. The number of carbonyl (C=O) groups excluding carboxylic acids is 1. The molecule has 16 heavy (non-hydrogen) atoms. The average molecular weight is 236 g/mol. The van der Waals surface area contributed by atoms with Gasteiger partial charge in [0.15, 0.2) is 0 Å². The molecule has 0 saturated heterocycles. The highest BCUT2D eigenvalue weighted by Crippen LogP contribution is 2.31. The summed E-state index contributed by atoms with van der Waals surface area (Å²) in [6, 6.07) is 5.80. The third-order valence-electron chi connectivity index (χ3n) is 2.42. The van der Waals surface area contributed by atoms with Crippen molar-refractivity contribution in [1.82, 2.24) is 0 Å². The fraction of sp³-hybridized carbons (Fsp3) is 0.250. The van der Waals surface area contributed by atoms with E-state index in [1.54, 1.807) is 7.11 Å². The van der Waals surface area contributed by atoms with Crippen LogP contribution in [0.25, 0.3) is 10.1 Å². The van der Waals surface area contributed by atoms with E-state index < -0.39 is 0 Å². The predicted octanol–water partition coefficient (Wildman–Crippen LogP) is 3.00. The second-order valence-electron chi connectivity index (χ2n) is 3.46. The maximum atomic E-state index is 11.4. The monoisotopic (exact) mass is 236 g/mol. The van der Waals surface area contributed by atoms with Crippen LogP contribution in [0.15, 0.2) is 18.2 Å². The molecule has 1 aromatic carbocycles. The Morgan fingerprint density at radius 1 is 1.25 bits per heavy atom. The predicted molar refractivity (Wildman–Crippen MR) is 64.5 cm³/mol. The molecule has 0 aliphatic rings. The van der Waals surface area contributed by atoms with Crippen molar-refractivity contribution in [3.05, 3.63) is 28.6 Å². The summed E-state index contributed by atoms with van der Waals surface area (Å²) in [6.07, 6.45) is 0. The van der Waals surface area contributed by atoms with Crippen LogP contribution < -0.4 is 4.74 Å². The van der Waals surface area contributed by atoms with E-state index in [9.17, 15) is 4.79 Å². The zero-order valence-electron chi connectivity index (χ0n) is 9.37. The van der Waals surface area contributed by atoms with E-state index >= 15 is 0 Å². The smallest absolute Gasteiger partial charge is 0.348 e. The molecule has 0 spiro atoms. The van der Waals surface area contributed by atoms with Gasteiger partial charge in [-0.1, -0.05) is 0 Å². The molecule has 3 nitrogen and oxygen atoms in total. The van der Waals surface area contributed by atoms with Crippen LogP contribution >= 0.6 is 11.3 Å². The molecule has 0 aliphatic carbocycles. The van der Waals surface area contributed by atoms with Crippen LogP contribution in [0.2, 0.25) is 0 Å². The van der Waals surface area contributed by atoms with Gasteiger partial charge in [-0.15, -0.1) is 11.3 Å². The Morgan fingerprint density at radius 2 is 2.00 bits per heavy atom. The van der Waals surface area contributed by atoms with E-state index in [0.29, 0.717) is 4.88 Å². The van der Waals surface area contributed by atoms with Crippen LogP contribution in [0.4, 0.5) is 0 Å². The zero-order valence-corrected chi connectivity index (χ0v) is 10.2. The van der Waals surface area contributed by atoms with Gasteiger partial charge in [-0.05, 0) is 36.1 Å². The van der Waals surface area contributed by atoms with E-state index in [-0.39, 0.29) is 5.97 Å². The van der Waals surface area contributed by atoms with E-state index in [4.69, 9.17) is 9.47 Å². The minimum atomic E-state index is -0.294. The van der Waals surface area contributed by atoms with Crippen molar-refractivity contribution in [3.63, 3.8) is 0 Å². The van der Waals surface area contributed by atoms with Crippen LogP contribution in [0.5, 0.6) is 5.75 Å². The molecule has 0 bridgehead atoms. The Hall–Kier alpha value is -1.55. The van der Waals surface area contributed by atoms with E-state index in [1.165, 1.54) is 18.4 Å². The van der Waals surface area contributed by atoms with Crippen LogP contribution in [-0.2, 0) is 4.74 Å². The lowest BCUT2D eigenvalue weighted by molar-refractivity contribution is 0.0606. The molecule has 0 fully saturated rings. The minimum absolute atomic E-state index is 0.294. The van der Waals surface area contributed by atoms with Crippen LogP contribution in [0.3, 0.4) is 0 Å². The van der Waals surface area contributed by atoms with Crippen molar-refractivity contribution in [2.24, 2.45) is 0 Å². The molecule has 1 aromatic heterocycles. The first-order chi connectivity index (χ1) is 7.65. The van der Waals surface area contributed by atoms with Gasteiger partial charge < -0.3 is 9.47 Å². The van der Waals surface area contributed by atoms with Gasteiger partial charge in [-0.25, -0.2) is 4.79 Å². The molecule has 0 radical (unpaired) electrons. The standard InChI is InChI=1S/C12H12O3S/c1-7-4-8-5-11(12(13)15-3)16-10(8)6-9(7)14-2/h4-6H,1-3H3. The zero-order chi connectivity index (χ0) is 11.7. The van der Waals surface area contributed by atoms with Gasteiger partial charge in [-0.2, -0.15) is 0 Å². The van der Waals surface area contributed by atoms with Crippen LogP contribution in [0.1, 0.15) is 15.2 Å². The molecule has 2 rings (SSSR count). The summed E-state index contributed by atoms with van der Waals surface area (Å²) in [6.45, 7) is 1.98. The number of aryl methyl sites for hydroxylation is 1. The fourth-order valence-corrected chi connectivity index (χ4v) is 2.59. The SMILES string of the molecule is COC(=O)c1cc2cc(C)c(OC)cc2s1. The third-order valence-corrected chi connectivity index (χ3v) is 3.50. The first-order valence-corrected chi connectivity index (χ1v) is 5.64. The number of hydrogen-bond donors (Lipinski definition) is 0. The molecule has 2 aromatic rings. The summed E-state index contributed by atoms with van der Waals surface area (Å²) in [5.74, 6) is 0.545. The number of ether oxygens (including phenoxy) is 2. The topological polar surface area (TPSA) is 35.5 Å². The lowest BCUT2D eigenvalue weighted by Gasteiger charge is -2.03. The highest BCUT2D eigenvalue weighted by atomic mass is 32.1. The normalized spacial score (nSPS) is 10.4. The number of fused-ring (bicyclic) bond motifs is 1. The van der Waals surface area contributed by atoms with Crippen molar-refractivity contribution in [3.8, 4) is 5.75 Å². The molecular weight excluding hydrogens is 224 g/mol. The van der Waals surface area contributed by atoms with Crippen LogP contribution in [0, 0.1) is 6.92 Å². The number of methoxy groups -OCH3 is 2. The maximum Gasteiger partial charge on any atom is 0.348 e. The summed E-state index contributed by atoms with van der Waals surface area (Å²) in [7, 11) is 3.03. The summed E-state index contributed by atoms with van der Waals surface area (Å²) < 4.78 is 11.0. The van der Waals surface area contributed by atoms with E-state index in [2.05, 4.69) is 0 Å². The number of esters is 1. The van der Waals surface area contributed by atoms with Gasteiger partial charge in [-0.3, -0.25) is 0 Å². The number of carbonyl (C=O) groups is 1. The van der Waals surface area contributed by atoms with Gasteiger partial charge >= 0.3 is 5.97 Å². The van der Waals surface area contributed by atoms with E-state index in [1.807, 2.05) is 25.1 Å². The molecule has 1 heterocycles. The molecule has 0 aliphatic heterocycles. The molecule has 0 saturated carbocycles. The molecular formula is C12H12O3S. The van der Waals surface area contributed by atoms with Gasteiger partial charge in [0.05, 0.1) is 14.2 Å². The molecule has 0 N–H and O–H groups in total. The van der Waals surface area contributed by atoms with Gasteiger partial charge in [0.25, 0.3) is 0 Å². The lowest BCUT2D eigenvalue weighted by Crippen LogP contribution is -1.96. The molecule has 0 amide bonds. The van der Waals surface area contributed by atoms with Crippen molar-refractivity contribution < 1.29 is 14.3 Å². The Bertz CT molecular complexity index is 542.